The van der Waals surface area contributed by atoms with E-state index in [2.05, 4.69) is 28.7 Å². The summed E-state index contributed by atoms with van der Waals surface area (Å²) in [6.07, 6.45) is 4.90. The van der Waals surface area contributed by atoms with Gasteiger partial charge in [-0.15, -0.1) is 0 Å². The number of methoxy groups -OCH3 is 1. The van der Waals surface area contributed by atoms with Crippen LogP contribution in [0.5, 0.6) is 5.75 Å². The number of aromatic nitrogens is 2. The van der Waals surface area contributed by atoms with Gasteiger partial charge in [-0.05, 0) is 37.1 Å². The van der Waals surface area contributed by atoms with Crippen LogP contribution in [0.25, 0.3) is 0 Å². The molecule has 0 aliphatic carbocycles. The maximum atomic E-state index is 5.20. The van der Waals surface area contributed by atoms with Crippen molar-refractivity contribution in [3.8, 4) is 5.75 Å². The van der Waals surface area contributed by atoms with E-state index in [1.165, 1.54) is 0 Å². The SMILES string of the molecule is CCCn1ccnc1Nc1ccc(OC)cc1C. The zero-order valence-electron chi connectivity index (χ0n) is 11.1. The van der Waals surface area contributed by atoms with Crippen molar-refractivity contribution in [1.29, 1.82) is 0 Å². The summed E-state index contributed by atoms with van der Waals surface area (Å²) in [5, 5.41) is 3.35. The molecule has 96 valence electrons. The summed E-state index contributed by atoms with van der Waals surface area (Å²) >= 11 is 0. The van der Waals surface area contributed by atoms with E-state index in [1.807, 2.05) is 30.6 Å². The molecule has 1 N–H and O–H groups in total. The van der Waals surface area contributed by atoms with Crippen molar-refractivity contribution >= 4 is 11.6 Å². The van der Waals surface area contributed by atoms with E-state index in [9.17, 15) is 0 Å². The Morgan fingerprint density at radius 3 is 2.89 bits per heavy atom. The fraction of sp³-hybridized carbons (Fsp3) is 0.357. The van der Waals surface area contributed by atoms with E-state index < -0.39 is 0 Å². The molecule has 0 bridgehead atoms. The summed E-state index contributed by atoms with van der Waals surface area (Å²) in [6.45, 7) is 5.18. The quantitative estimate of drug-likeness (QED) is 0.878. The van der Waals surface area contributed by atoms with Crippen LogP contribution < -0.4 is 10.1 Å². The average molecular weight is 245 g/mol. The molecule has 4 heteroatoms. The molecule has 0 saturated heterocycles. The molecule has 2 aromatic rings. The van der Waals surface area contributed by atoms with Crippen molar-refractivity contribution in [2.75, 3.05) is 12.4 Å². The number of aryl methyl sites for hydroxylation is 2. The summed E-state index contributed by atoms with van der Waals surface area (Å²) in [7, 11) is 1.68. The molecule has 1 aromatic heterocycles. The molecule has 2 rings (SSSR count). The van der Waals surface area contributed by atoms with E-state index in [1.54, 1.807) is 7.11 Å². The van der Waals surface area contributed by atoms with Gasteiger partial charge < -0.3 is 14.6 Å². The molecular formula is C14H19N3O. The Balaban J connectivity index is 2.20. The zero-order valence-corrected chi connectivity index (χ0v) is 11.1. The molecule has 0 amide bonds. The standard InChI is InChI=1S/C14H19N3O/c1-4-8-17-9-7-15-14(17)16-13-6-5-12(18-3)10-11(13)2/h5-7,9-10H,4,8H2,1-3H3,(H,15,16). The molecule has 0 fully saturated rings. The number of hydrogen-bond acceptors (Lipinski definition) is 3. The number of ether oxygens (including phenoxy) is 1. The maximum absolute atomic E-state index is 5.20. The zero-order chi connectivity index (χ0) is 13.0. The third kappa shape index (κ3) is 2.64. The molecule has 0 aliphatic heterocycles. The predicted molar refractivity (Wildman–Crippen MR) is 73.5 cm³/mol. The van der Waals surface area contributed by atoms with Gasteiger partial charge in [-0.2, -0.15) is 0 Å². The molecular weight excluding hydrogens is 226 g/mol. The average Bonchev–Trinajstić information content (AvgIpc) is 2.80. The normalized spacial score (nSPS) is 10.4. The number of anilines is 2. The van der Waals surface area contributed by atoms with E-state index in [4.69, 9.17) is 4.74 Å². The minimum Gasteiger partial charge on any atom is -0.497 e. The highest BCUT2D eigenvalue weighted by Crippen LogP contribution is 2.23. The van der Waals surface area contributed by atoms with Crippen LogP contribution >= 0.6 is 0 Å². The lowest BCUT2D eigenvalue weighted by Crippen LogP contribution is -2.03. The van der Waals surface area contributed by atoms with Crippen molar-refractivity contribution in [2.24, 2.45) is 0 Å². The van der Waals surface area contributed by atoms with Crippen LogP contribution in [0, 0.1) is 6.92 Å². The number of nitrogens with one attached hydrogen (secondary N) is 1. The van der Waals surface area contributed by atoms with Gasteiger partial charge in [0.1, 0.15) is 5.75 Å². The Morgan fingerprint density at radius 2 is 2.22 bits per heavy atom. The molecule has 1 heterocycles. The largest absolute Gasteiger partial charge is 0.497 e. The highest BCUT2D eigenvalue weighted by atomic mass is 16.5. The third-order valence-corrected chi connectivity index (χ3v) is 2.86. The van der Waals surface area contributed by atoms with Crippen LogP contribution in [-0.2, 0) is 6.54 Å². The van der Waals surface area contributed by atoms with Gasteiger partial charge >= 0.3 is 0 Å². The molecule has 18 heavy (non-hydrogen) atoms. The Morgan fingerprint density at radius 1 is 1.39 bits per heavy atom. The molecule has 0 spiro atoms. The van der Waals surface area contributed by atoms with Gasteiger partial charge in [-0.3, -0.25) is 0 Å². The summed E-state index contributed by atoms with van der Waals surface area (Å²) in [5.74, 6) is 1.75. The molecule has 0 aliphatic rings. The van der Waals surface area contributed by atoms with Gasteiger partial charge in [0.2, 0.25) is 5.95 Å². The maximum Gasteiger partial charge on any atom is 0.207 e. The van der Waals surface area contributed by atoms with Crippen LogP contribution in [0.15, 0.2) is 30.6 Å². The third-order valence-electron chi connectivity index (χ3n) is 2.86. The van der Waals surface area contributed by atoms with Gasteiger partial charge in [0.25, 0.3) is 0 Å². The Kier molecular flexibility index (Phi) is 3.87. The van der Waals surface area contributed by atoms with Crippen LogP contribution in [0.1, 0.15) is 18.9 Å². The second-order valence-corrected chi connectivity index (χ2v) is 4.25. The van der Waals surface area contributed by atoms with Crippen molar-refractivity contribution in [2.45, 2.75) is 26.8 Å². The second kappa shape index (κ2) is 5.58. The van der Waals surface area contributed by atoms with Crippen LogP contribution in [0.2, 0.25) is 0 Å². The molecule has 0 unspecified atom stereocenters. The first kappa shape index (κ1) is 12.5. The van der Waals surface area contributed by atoms with Crippen molar-refractivity contribution in [3.05, 3.63) is 36.2 Å². The fourth-order valence-electron chi connectivity index (χ4n) is 1.88. The summed E-state index contributed by atoms with van der Waals surface area (Å²) in [6, 6.07) is 5.97. The highest BCUT2D eigenvalue weighted by molar-refractivity contribution is 5.60. The smallest absolute Gasteiger partial charge is 0.207 e. The van der Waals surface area contributed by atoms with Crippen molar-refractivity contribution < 1.29 is 4.74 Å². The summed E-state index contributed by atoms with van der Waals surface area (Å²) in [4.78, 5) is 4.33. The number of benzene rings is 1. The van der Waals surface area contributed by atoms with Crippen LogP contribution in [0.4, 0.5) is 11.6 Å². The van der Waals surface area contributed by atoms with Crippen molar-refractivity contribution in [1.82, 2.24) is 9.55 Å². The van der Waals surface area contributed by atoms with Gasteiger partial charge in [0.15, 0.2) is 0 Å². The lowest BCUT2D eigenvalue weighted by molar-refractivity contribution is 0.414. The Bertz CT molecular complexity index is 520. The molecule has 4 nitrogen and oxygen atoms in total. The summed E-state index contributed by atoms with van der Waals surface area (Å²) < 4.78 is 7.31. The molecule has 0 radical (unpaired) electrons. The summed E-state index contributed by atoms with van der Waals surface area (Å²) in [5.41, 5.74) is 2.19. The lowest BCUT2D eigenvalue weighted by atomic mass is 10.2. The number of imidazole rings is 1. The van der Waals surface area contributed by atoms with Gasteiger partial charge in [-0.1, -0.05) is 6.92 Å². The predicted octanol–water partition coefficient (Wildman–Crippen LogP) is 3.35. The fourth-order valence-corrected chi connectivity index (χ4v) is 1.88. The Labute approximate surface area is 108 Å². The second-order valence-electron chi connectivity index (χ2n) is 4.25. The highest BCUT2D eigenvalue weighted by Gasteiger charge is 2.05. The molecule has 0 atom stereocenters. The Hall–Kier alpha value is -1.97. The number of rotatable bonds is 5. The molecule has 1 aromatic carbocycles. The van der Waals surface area contributed by atoms with Crippen LogP contribution in [-0.4, -0.2) is 16.7 Å². The minimum absolute atomic E-state index is 0.870. The first-order valence-corrected chi connectivity index (χ1v) is 6.17. The minimum atomic E-state index is 0.870. The first-order valence-electron chi connectivity index (χ1n) is 6.17. The topological polar surface area (TPSA) is 39.1 Å². The number of hydrogen-bond donors (Lipinski definition) is 1. The van der Waals surface area contributed by atoms with Gasteiger partial charge in [0.05, 0.1) is 7.11 Å². The van der Waals surface area contributed by atoms with E-state index in [0.717, 1.165) is 35.9 Å². The lowest BCUT2D eigenvalue weighted by Gasteiger charge is -2.12. The number of nitrogens with zero attached hydrogens (tertiary/aromatic N) is 2. The molecule has 0 saturated carbocycles. The van der Waals surface area contributed by atoms with Gasteiger partial charge in [0, 0.05) is 24.6 Å². The van der Waals surface area contributed by atoms with Crippen molar-refractivity contribution in [3.63, 3.8) is 0 Å². The van der Waals surface area contributed by atoms with E-state index >= 15 is 0 Å². The van der Waals surface area contributed by atoms with Crippen LogP contribution in [0.3, 0.4) is 0 Å². The van der Waals surface area contributed by atoms with E-state index in [-0.39, 0.29) is 0 Å². The van der Waals surface area contributed by atoms with Gasteiger partial charge in [-0.25, -0.2) is 4.98 Å². The van der Waals surface area contributed by atoms with E-state index in [0.29, 0.717) is 0 Å². The first-order chi connectivity index (χ1) is 8.74. The monoisotopic (exact) mass is 245 g/mol.